The van der Waals surface area contributed by atoms with Crippen molar-refractivity contribution in [3.05, 3.63) is 138 Å². The molecule has 1 aliphatic carbocycles. The predicted octanol–water partition coefficient (Wildman–Crippen LogP) is 9.68. The van der Waals surface area contributed by atoms with Crippen molar-refractivity contribution in [2.75, 3.05) is 5.32 Å². The SMILES string of the molecule is CC(C)C(C)(C)N=C/C=C\Nc1ccccc1F.Cc1ccccc1-n1ccnc1-c1cccc2c1Cc1ccccc1-2. The molecule has 0 fully saturated rings. The molecule has 0 amide bonds. The van der Waals surface area contributed by atoms with Crippen LogP contribution in [-0.2, 0) is 6.42 Å². The van der Waals surface area contributed by atoms with Crippen molar-refractivity contribution in [2.45, 2.75) is 46.6 Å². The Labute approximate surface area is 254 Å². The van der Waals surface area contributed by atoms with E-state index < -0.39 is 0 Å². The van der Waals surface area contributed by atoms with Crippen molar-refractivity contribution in [1.29, 1.82) is 0 Å². The summed E-state index contributed by atoms with van der Waals surface area (Å²) in [5.41, 5.74) is 9.51. The van der Waals surface area contributed by atoms with Crippen LogP contribution in [0.5, 0.6) is 0 Å². The van der Waals surface area contributed by atoms with Gasteiger partial charge in [-0.2, -0.15) is 0 Å². The van der Waals surface area contributed by atoms with E-state index in [-0.39, 0.29) is 11.4 Å². The Kier molecular flexibility index (Phi) is 9.01. The molecule has 0 aliphatic heterocycles. The number of aromatic nitrogens is 2. The number of aryl methyl sites for hydroxylation is 1. The molecule has 0 bridgehead atoms. The third-order valence-corrected chi connectivity index (χ3v) is 8.22. The number of aliphatic imine (C=N–C) groups is 1. The summed E-state index contributed by atoms with van der Waals surface area (Å²) < 4.78 is 15.5. The normalized spacial score (nSPS) is 12.3. The molecule has 1 heterocycles. The van der Waals surface area contributed by atoms with E-state index in [0.717, 1.165) is 12.2 Å². The summed E-state index contributed by atoms with van der Waals surface area (Å²) in [5, 5.41) is 2.88. The highest BCUT2D eigenvalue weighted by Gasteiger charge is 2.23. The van der Waals surface area contributed by atoms with E-state index in [9.17, 15) is 4.39 Å². The highest BCUT2D eigenvalue weighted by Crippen LogP contribution is 2.41. The second-order valence-electron chi connectivity index (χ2n) is 11.6. The number of rotatable bonds is 7. The van der Waals surface area contributed by atoms with Gasteiger partial charge in [0.2, 0.25) is 0 Å². The molecule has 0 unspecified atom stereocenters. The minimum Gasteiger partial charge on any atom is -0.359 e. The Balaban J connectivity index is 0.000000183. The topological polar surface area (TPSA) is 42.2 Å². The molecule has 0 saturated heterocycles. The van der Waals surface area contributed by atoms with E-state index >= 15 is 0 Å². The van der Waals surface area contributed by atoms with Crippen molar-refractivity contribution in [2.24, 2.45) is 10.9 Å². The minimum absolute atomic E-state index is 0.0810. The molecule has 1 aromatic heterocycles. The van der Waals surface area contributed by atoms with Crippen LogP contribution in [-0.4, -0.2) is 21.3 Å². The molecule has 0 radical (unpaired) electrons. The smallest absolute Gasteiger partial charge is 0.146 e. The van der Waals surface area contributed by atoms with Gasteiger partial charge in [-0.15, -0.1) is 0 Å². The maximum absolute atomic E-state index is 13.3. The molecule has 5 heteroatoms. The van der Waals surface area contributed by atoms with E-state index in [4.69, 9.17) is 4.98 Å². The van der Waals surface area contributed by atoms with Crippen LogP contribution in [0.3, 0.4) is 0 Å². The Hall–Kier alpha value is -4.77. The van der Waals surface area contributed by atoms with Gasteiger partial charge in [0.15, 0.2) is 0 Å². The van der Waals surface area contributed by atoms with Crippen LogP contribution in [0.2, 0.25) is 0 Å². The van der Waals surface area contributed by atoms with Gasteiger partial charge in [0, 0.05) is 36.1 Å². The van der Waals surface area contributed by atoms with Crippen LogP contribution in [0, 0.1) is 18.7 Å². The fourth-order valence-corrected chi connectivity index (χ4v) is 5.04. The van der Waals surface area contributed by atoms with Gasteiger partial charge in [0.25, 0.3) is 0 Å². The van der Waals surface area contributed by atoms with Gasteiger partial charge in [0.05, 0.1) is 11.2 Å². The number of nitrogens with zero attached hydrogens (tertiary/aromatic N) is 3. The summed E-state index contributed by atoms with van der Waals surface area (Å²) in [6.07, 6.45) is 10.1. The van der Waals surface area contributed by atoms with Crippen LogP contribution in [0.15, 0.2) is 121 Å². The third kappa shape index (κ3) is 6.67. The molecule has 1 N–H and O–H groups in total. The lowest BCUT2D eigenvalue weighted by atomic mass is 9.92. The Morgan fingerprint density at radius 1 is 0.884 bits per heavy atom. The lowest BCUT2D eigenvalue weighted by Gasteiger charge is -2.23. The second-order valence-corrected chi connectivity index (χ2v) is 11.6. The zero-order valence-electron chi connectivity index (χ0n) is 25.6. The number of imidazole rings is 1. The Morgan fingerprint density at radius 3 is 2.37 bits per heavy atom. The monoisotopic (exact) mass is 570 g/mol. The number of fused-ring (bicyclic) bond motifs is 3. The van der Waals surface area contributed by atoms with Crippen LogP contribution >= 0.6 is 0 Å². The largest absolute Gasteiger partial charge is 0.359 e. The molecule has 4 aromatic carbocycles. The lowest BCUT2D eigenvalue weighted by molar-refractivity contribution is 0.378. The average molecular weight is 571 g/mol. The number of hydrogen-bond donors (Lipinski definition) is 1. The van der Waals surface area contributed by atoms with E-state index in [1.165, 1.54) is 45.1 Å². The summed E-state index contributed by atoms with van der Waals surface area (Å²) in [6, 6.07) is 30.3. The maximum Gasteiger partial charge on any atom is 0.146 e. The molecule has 43 heavy (non-hydrogen) atoms. The average Bonchev–Trinajstić information content (AvgIpc) is 3.63. The van der Waals surface area contributed by atoms with Crippen molar-refractivity contribution < 1.29 is 4.39 Å². The molecule has 6 rings (SSSR count). The van der Waals surface area contributed by atoms with Crippen molar-refractivity contribution in [1.82, 2.24) is 9.55 Å². The van der Waals surface area contributed by atoms with Gasteiger partial charge in [0.1, 0.15) is 11.6 Å². The Morgan fingerprint density at radius 2 is 1.58 bits per heavy atom. The first-order chi connectivity index (χ1) is 20.8. The zero-order chi connectivity index (χ0) is 30.4. The fraction of sp³-hybridized carbons (Fsp3) is 0.211. The number of allylic oxidation sites excluding steroid dienone is 1. The summed E-state index contributed by atoms with van der Waals surface area (Å²) in [7, 11) is 0. The molecular formula is C38H39FN4. The van der Waals surface area contributed by atoms with E-state index in [1.807, 2.05) is 6.20 Å². The standard InChI is InChI=1S/C23H18N2.C15H21FN2/c1-16-7-2-5-12-22(16)25-14-13-24-23(25)20-11-6-10-19-18-9-4-3-8-17(18)15-21(19)20;1-12(2)15(3,4)18-11-7-10-17-14-9-6-5-8-13(14)16/h2-14H,15H2,1H3;5-12,17H,1-4H3/b;10-7-,18-11?. The molecule has 0 saturated carbocycles. The molecule has 218 valence electrons. The predicted molar refractivity (Wildman–Crippen MR) is 179 cm³/mol. The van der Waals surface area contributed by atoms with Gasteiger partial charge < -0.3 is 5.32 Å². The van der Waals surface area contributed by atoms with E-state index in [2.05, 4.69) is 122 Å². The molecule has 4 nitrogen and oxygen atoms in total. The van der Waals surface area contributed by atoms with Gasteiger partial charge in [-0.25, -0.2) is 9.37 Å². The zero-order valence-corrected chi connectivity index (χ0v) is 25.6. The summed E-state index contributed by atoms with van der Waals surface area (Å²) in [5.74, 6) is 1.22. The number of nitrogens with one attached hydrogen (secondary N) is 1. The van der Waals surface area contributed by atoms with Crippen LogP contribution in [0.1, 0.15) is 44.4 Å². The first kappa shape index (κ1) is 29.7. The lowest BCUT2D eigenvalue weighted by Crippen LogP contribution is -2.24. The molecule has 0 atom stereocenters. The van der Waals surface area contributed by atoms with E-state index in [0.29, 0.717) is 11.6 Å². The number of halogens is 1. The van der Waals surface area contributed by atoms with Crippen molar-refractivity contribution >= 4 is 11.9 Å². The van der Waals surface area contributed by atoms with Crippen LogP contribution < -0.4 is 5.32 Å². The first-order valence-electron chi connectivity index (χ1n) is 14.8. The fourth-order valence-electron chi connectivity index (χ4n) is 5.04. The van der Waals surface area contributed by atoms with Gasteiger partial charge in [-0.3, -0.25) is 9.56 Å². The number of benzene rings is 4. The van der Waals surface area contributed by atoms with Gasteiger partial charge in [-0.05, 0) is 85.2 Å². The number of para-hydroxylation sites is 2. The van der Waals surface area contributed by atoms with Crippen LogP contribution in [0.4, 0.5) is 10.1 Å². The molecule has 0 spiro atoms. The maximum atomic E-state index is 13.3. The number of anilines is 1. The van der Waals surface area contributed by atoms with E-state index in [1.54, 1.807) is 36.7 Å². The van der Waals surface area contributed by atoms with Gasteiger partial charge in [-0.1, -0.05) is 86.6 Å². The minimum atomic E-state index is -0.262. The highest BCUT2D eigenvalue weighted by atomic mass is 19.1. The quantitative estimate of drug-likeness (QED) is 0.194. The highest BCUT2D eigenvalue weighted by molar-refractivity contribution is 5.83. The Bertz CT molecular complexity index is 1760. The molecular weight excluding hydrogens is 531 g/mol. The summed E-state index contributed by atoms with van der Waals surface area (Å²) in [6.45, 7) is 10.6. The second kappa shape index (κ2) is 13.0. The molecule has 1 aliphatic rings. The van der Waals surface area contributed by atoms with Crippen molar-refractivity contribution in [3.63, 3.8) is 0 Å². The van der Waals surface area contributed by atoms with Crippen LogP contribution in [0.25, 0.3) is 28.2 Å². The third-order valence-electron chi connectivity index (χ3n) is 8.22. The van der Waals surface area contributed by atoms with Gasteiger partial charge >= 0.3 is 0 Å². The number of hydrogen-bond acceptors (Lipinski definition) is 3. The molecule has 5 aromatic rings. The summed E-state index contributed by atoms with van der Waals surface area (Å²) >= 11 is 0. The van der Waals surface area contributed by atoms with Crippen molar-refractivity contribution in [3.8, 4) is 28.2 Å². The summed E-state index contributed by atoms with van der Waals surface area (Å²) in [4.78, 5) is 9.17. The first-order valence-corrected chi connectivity index (χ1v) is 14.8.